The van der Waals surface area contributed by atoms with Crippen molar-refractivity contribution in [3.8, 4) is 6.07 Å². The number of hydrogen-bond acceptors (Lipinski definition) is 3. The Morgan fingerprint density at radius 3 is 2.89 bits per heavy atom. The summed E-state index contributed by atoms with van der Waals surface area (Å²) in [5.41, 5.74) is -0.117. The SMILES string of the molecule is N#CC1(C(O)c2cccc(Cl)c2)CC2CCC1O2. The molecule has 4 unspecified atom stereocenters. The first-order valence-corrected chi connectivity index (χ1v) is 6.54. The lowest BCUT2D eigenvalue weighted by atomic mass is 9.69. The Hall–Kier alpha value is -1.08. The maximum Gasteiger partial charge on any atom is 0.116 e. The first-order valence-electron chi connectivity index (χ1n) is 6.16. The van der Waals surface area contributed by atoms with E-state index in [1.165, 1.54) is 0 Å². The van der Waals surface area contributed by atoms with Crippen LogP contribution in [0.4, 0.5) is 0 Å². The first-order chi connectivity index (χ1) is 8.65. The van der Waals surface area contributed by atoms with Gasteiger partial charge in [-0.25, -0.2) is 0 Å². The lowest BCUT2D eigenvalue weighted by molar-refractivity contribution is 0.00342. The summed E-state index contributed by atoms with van der Waals surface area (Å²) < 4.78 is 5.74. The molecule has 0 aliphatic carbocycles. The largest absolute Gasteiger partial charge is 0.387 e. The van der Waals surface area contributed by atoms with Crippen molar-refractivity contribution < 1.29 is 9.84 Å². The number of ether oxygens (including phenoxy) is 1. The summed E-state index contributed by atoms with van der Waals surface area (Å²) in [5, 5.41) is 20.6. The van der Waals surface area contributed by atoms with Crippen molar-refractivity contribution in [2.24, 2.45) is 5.41 Å². The van der Waals surface area contributed by atoms with E-state index in [-0.39, 0.29) is 12.2 Å². The summed E-state index contributed by atoms with van der Waals surface area (Å²) in [6.07, 6.45) is 1.61. The molecule has 0 spiro atoms. The number of nitriles is 1. The quantitative estimate of drug-likeness (QED) is 0.893. The number of aliphatic hydroxyl groups excluding tert-OH is 1. The minimum Gasteiger partial charge on any atom is -0.387 e. The normalized spacial score (nSPS) is 35.4. The van der Waals surface area contributed by atoms with E-state index in [1.807, 2.05) is 6.07 Å². The predicted octanol–water partition coefficient (Wildman–Crippen LogP) is 2.83. The van der Waals surface area contributed by atoms with E-state index in [4.69, 9.17) is 16.3 Å². The number of hydrogen-bond donors (Lipinski definition) is 1. The Kier molecular flexibility index (Phi) is 2.82. The van der Waals surface area contributed by atoms with Gasteiger partial charge in [-0.3, -0.25) is 0 Å². The molecule has 3 rings (SSSR count). The summed E-state index contributed by atoms with van der Waals surface area (Å²) >= 11 is 5.94. The lowest BCUT2D eigenvalue weighted by Crippen LogP contribution is -2.37. The molecule has 3 nitrogen and oxygen atoms in total. The van der Waals surface area contributed by atoms with Crippen molar-refractivity contribution >= 4 is 11.6 Å². The van der Waals surface area contributed by atoms with E-state index < -0.39 is 11.5 Å². The van der Waals surface area contributed by atoms with Crippen molar-refractivity contribution in [1.29, 1.82) is 5.26 Å². The molecule has 4 atom stereocenters. The van der Waals surface area contributed by atoms with Gasteiger partial charge in [-0.15, -0.1) is 0 Å². The van der Waals surface area contributed by atoms with Crippen molar-refractivity contribution in [1.82, 2.24) is 0 Å². The minimum atomic E-state index is -0.837. The van der Waals surface area contributed by atoms with Crippen LogP contribution in [0.15, 0.2) is 24.3 Å². The molecule has 2 heterocycles. The zero-order chi connectivity index (χ0) is 12.8. The molecular formula is C14H14ClNO2. The van der Waals surface area contributed by atoms with Crippen molar-refractivity contribution in [3.63, 3.8) is 0 Å². The molecule has 4 heteroatoms. The molecule has 2 fully saturated rings. The Labute approximate surface area is 111 Å². The van der Waals surface area contributed by atoms with Crippen LogP contribution in [0.5, 0.6) is 0 Å². The third-order valence-corrected chi connectivity index (χ3v) is 4.34. The van der Waals surface area contributed by atoms with Crippen LogP contribution in [-0.4, -0.2) is 17.3 Å². The van der Waals surface area contributed by atoms with Crippen LogP contribution in [0.3, 0.4) is 0 Å². The van der Waals surface area contributed by atoms with E-state index in [2.05, 4.69) is 6.07 Å². The number of rotatable bonds is 2. The highest BCUT2D eigenvalue weighted by Gasteiger charge is 2.57. The second kappa shape index (κ2) is 4.24. The topological polar surface area (TPSA) is 53.2 Å². The molecule has 2 aliphatic rings. The van der Waals surface area contributed by atoms with Gasteiger partial charge in [0.05, 0.1) is 18.3 Å². The maximum atomic E-state index is 10.6. The van der Waals surface area contributed by atoms with Gasteiger partial charge in [0.25, 0.3) is 0 Å². The second-order valence-electron chi connectivity index (χ2n) is 5.14. The third kappa shape index (κ3) is 1.65. The third-order valence-electron chi connectivity index (χ3n) is 4.11. The highest BCUT2D eigenvalue weighted by Crippen LogP contribution is 2.53. The van der Waals surface area contributed by atoms with Crippen molar-refractivity contribution in [2.75, 3.05) is 0 Å². The number of benzene rings is 1. The standard InChI is InChI=1S/C14H14ClNO2/c15-10-3-1-2-9(6-10)13(17)14(8-16)7-11-4-5-12(14)18-11/h1-3,6,11-13,17H,4-5,7H2. The molecule has 18 heavy (non-hydrogen) atoms. The Morgan fingerprint density at radius 1 is 1.50 bits per heavy atom. The number of fused-ring (bicyclic) bond motifs is 2. The highest BCUT2D eigenvalue weighted by atomic mass is 35.5. The maximum absolute atomic E-state index is 10.6. The molecule has 0 saturated carbocycles. The Bertz CT molecular complexity index is 513. The van der Waals surface area contributed by atoms with E-state index in [0.717, 1.165) is 12.8 Å². The summed E-state index contributed by atoms with van der Waals surface area (Å²) in [7, 11) is 0. The monoisotopic (exact) mass is 263 g/mol. The molecular weight excluding hydrogens is 250 g/mol. The van der Waals surface area contributed by atoms with Gasteiger partial charge in [-0.1, -0.05) is 23.7 Å². The van der Waals surface area contributed by atoms with Gasteiger partial charge < -0.3 is 9.84 Å². The summed E-state index contributed by atoms with van der Waals surface area (Å²) in [5.74, 6) is 0. The van der Waals surface area contributed by atoms with Gasteiger partial charge in [-0.2, -0.15) is 5.26 Å². The summed E-state index contributed by atoms with van der Waals surface area (Å²) in [4.78, 5) is 0. The minimum absolute atomic E-state index is 0.128. The van der Waals surface area contributed by atoms with Crippen molar-refractivity contribution in [3.05, 3.63) is 34.9 Å². The van der Waals surface area contributed by atoms with Gasteiger partial charge in [-0.05, 0) is 37.0 Å². The van der Waals surface area contributed by atoms with Gasteiger partial charge in [0.2, 0.25) is 0 Å². The van der Waals surface area contributed by atoms with Crippen LogP contribution in [0, 0.1) is 16.7 Å². The van der Waals surface area contributed by atoms with Crippen molar-refractivity contribution in [2.45, 2.75) is 37.6 Å². The van der Waals surface area contributed by atoms with Gasteiger partial charge >= 0.3 is 0 Å². The summed E-state index contributed by atoms with van der Waals surface area (Å²) in [6, 6.07) is 9.38. The smallest absolute Gasteiger partial charge is 0.116 e. The molecule has 2 aliphatic heterocycles. The molecule has 0 aromatic heterocycles. The predicted molar refractivity (Wildman–Crippen MR) is 67.0 cm³/mol. The van der Waals surface area contributed by atoms with E-state index in [0.29, 0.717) is 17.0 Å². The molecule has 0 radical (unpaired) electrons. The zero-order valence-corrected chi connectivity index (χ0v) is 10.6. The highest BCUT2D eigenvalue weighted by molar-refractivity contribution is 6.30. The fourth-order valence-corrected chi connectivity index (χ4v) is 3.38. The average Bonchev–Trinajstić information content (AvgIpc) is 2.98. The van der Waals surface area contributed by atoms with Crippen LogP contribution >= 0.6 is 11.6 Å². The fourth-order valence-electron chi connectivity index (χ4n) is 3.18. The van der Waals surface area contributed by atoms with E-state index >= 15 is 0 Å². The fraction of sp³-hybridized carbons (Fsp3) is 0.500. The van der Waals surface area contributed by atoms with E-state index in [1.54, 1.807) is 18.2 Å². The second-order valence-corrected chi connectivity index (χ2v) is 5.57. The average molecular weight is 264 g/mol. The van der Waals surface area contributed by atoms with Crippen LogP contribution in [0.25, 0.3) is 0 Å². The summed E-state index contributed by atoms with van der Waals surface area (Å²) in [6.45, 7) is 0. The molecule has 2 bridgehead atoms. The lowest BCUT2D eigenvalue weighted by Gasteiger charge is -2.33. The molecule has 1 aromatic rings. The van der Waals surface area contributed by atoms with Crippen LogP contribution in [-0.2, 0) is 4.74 Å². The first kappa shape index (κ1) is 12.0. The zero-order valence-electron chi connectivity index (χ0n) is 9.84. The molecule has 94 valence electrons. The molecule has 2 saturated heterocycles. The number of aliphatic hydroxyl groups is 1. The Balaban J connectivity index is 1.96. The Morgan fingerprint density at radius 2 is 2.33 bits per heavy atom. The van der Waals surface area contributed by atoms with Crippen LogP contribution in [0.1, 0.15) is 30.9 Å². The van der Waals surface area contributed by atoms with Crippen LogP contribution in [0.2, 0.25) is 5.02 Å². The van der Waals surface area contributed by atoms with Gasteiger partial charge in [0, 0.05) is 5.02 Å². The van der Waals surface area contributed by atoms with Crippen LogP contribution < -0.4 is 0 Å². The molecule has 0 amide bonds. The molecule has 1 aromatic carbocycles. The van der Waals surface area contributed by atoms with Gasteiger partial charge in [0.15, 0.2) is 0 Å². The number of nitrogens with zero attached hydrogens (tertiary/aromatic N) is 1. The van der Waals surface area contributed by atoms with Gasteiger partial charge in [0.1, 0.15) is 11.5 Å². The van der Waals surface area contributed by atoms with E-state index in [9.17, 15) is 10.4 Å². The number of halogens is 1. The molecule has 1 N–H and O–H groups in total.